The number of likely N-dealkylation sites (tertiary alicyclic amines) is 1. The van der Waals surface area contributed by atoms with E-state index < -0.39 is 54.3 Å². The molecule has 13 nitrogen and oxygen atoms in total. The molecular weight excluding hydrogens is 476 g/mol. The van der Waals surface area contributed by atoms with Crippen molar-refractivity contribution >= 4 is 43.6 Å². The van der Waals surface area contributed by atoms with Gasteiger partial charge >= 0.3 is 16.0 Å². The Hall–Kier alpha value is -1.93. The molecule has 1 aromatic rings. The lowest BCUT2D eigenvalue weighted by Crippen LogP contribution is -2.68. The molecule has 2 rings (SSSR count). The van der Waals surface area contributed by atoms with Crippen LogP contribution < -0.4 is 10.6 Å². The highest BCUT2D eigenvalue weighted by Gasteiger charge is 2.63. The van der Waals surface area contributed by atoms with Gasteiger partial charge in [-0.2, -0.15) is 22.1 Å². The van der Waals surface area contributed by atoms with Gasteiger partial charge in [-0.3, -0.25) is 9.11 Å². The molecule has 1 fully saturated rings. The Bertz CT molecular complexity index is 1060. The van der Waals surface area contributed by atoms with Crippen LogP contribution in [-0.2, 0) is 25.0 Å². The highest BCUT2D eigenvalue weighted by atomic mass is 35.5. The third kappa shape index (κ3) is 6.53. The molecule has 31 heavy (non-hydrogen) atoms. The highest BCUT2D eigenvalue weighted by molar-refractivity contribution is 7.86. The summed E-state index contributed by atoms with van der Waals surface area (Å²) in [5.74, 6) is -2.67. The second-order valence-electron chi connectivity index (χ2n) is 7.11. The molecule has 0 aliphatic carbocycles. The second-order valence-corrected chi connectivity index (χ2v) is 10.4. The van der Waals surface area contributed by atoms with Crippen LogP contribution in [0.5, 0.6) is 0 Å². The lowest BCUT2D eigenvalue weighted by atomic mass is 9.98. The van der Waals surface area contributed by atoms with Crippen molar-refractivity contribution in [3.05, 3.63) is 17.3 Å². The summed E-state index contributed by atoms with van der Waals surface area (Å²) in [6, 6.07) is 4.85. The van der Waals surface area contributed by atoms with Gasteiger partial charge in [-0.05, 0) is 12.1 Å². The van der Waals surface area contributed by atoms with Gasteiger partial charge in [0.2, 0.25) is 11.4 Å². The van der Waals surface area contributed by atoms with Gasteiger partial charge in [-0.15, -0.1) is 10.2 Å². The molecule has 2 heterocycles. The molecule has 1 aliphatic heterocycles. The van der Waals surface area contributed by atoms with Crippen molar-refractivity contribution < 1.29 is 35.2 Å². The molecule has 0 radical (unpaired) electrons. The Balaban J connectivity index is 2.12. The zero-order valence-electron chi connectivity index (χ0n) is 16.2. The summed E-state index contributed by atoms with van der Waals surface area (Å²) in [4.78, 5) is 13.0. The van der Waals surface area contributed by atoms with Crippen molar-refractivity contribution in [2.45, 2.75) is 18.4 Å². The number of nitrogens with zero attached hydrogens (tertiary/aromatic N) is 4. The van der Waals surface area contributed by atoms with E-state index in [1.165, 1.54) is 6.07 Å². The van der Waals surface area contributed by atoms with E-state index in [2.05, 4.69) is 20.8 Å². The summed E-state index contributed by atoms with van der Waals surface area (Å²) in [7, 11) is -9.49. The quantitative estimate of drug-likeness (QED) is 0.179. The van der Waals surface area contributed by atoms with Crippen LogP contribution in [0.2, 0.25) is 5.15 Å². The van der Waals surface area contributed by atoms with Gasteiger partial charge in [0.1, 0.15) is 24.2 Å². The van der Waals surface area contributed by atoms with Crippen LogP contribution in [0.4, 0.5) is 5.82 Å². The zero-order chi connectivity index (χ0) is 23.3. The van der Waals surface area contributed by atoms with E-state index in [0.29, 0.717) is 12.4 Å². The minimum atomic E-state index is -4.76. The third-order valence-corrected chi connectivity index (χ3v) is 6.77. The lowest BCUT2D eigenvalue weighted by Gasteiger charge is -2.40. The zero-order valence-corrected chi connectivity index (χ0v) is 18.6. The molecule has 0 bridgehead atoms. The first-order chi connectivity index (χ1) is 14.3. The molecule has 4 N–H and O–H groups in total. The summed E-state index contributed by atoms with van der Waals surface area (Å²) >= 11 is 5.64. The second kappa shape index (κ2) is 9.69. The normalized spacial score (nSPS) is 23.9. The Labute approximate surface area is 184 Å². The van der Waals surface area contributed by atoms with E-state index >= 15 is 0 Å². The highest BCUT2D eigenvalue weighted by Crippen LogP contribution is 2.39. The van der Waals surface area contributed by atoms with E-state index in [4.69, 9.17) is 11.6 Å². The van der Waals surface area contributed by atoms with Crippen molar-refractivity contribution in [3.63, 3.8) is 0 Å². The van der Waals surface area contributed by atoms with E-state index in [1.807, 2.05) is 0 Å². The number of hydrogen-bond acceptors (Lipinski definition) is 10. The molecule has 1 amide bonds. The van der Waals surface area contributed by atoms with E-state index in [9.17, 15) is 36.0 Å². The van der Waals surface area contributed by atoms with Crippen LogP contribution in [0.3, 0.4) is 0 Å². The maximum atomic E-state index is 13.0. The van der Waals surface area contributed by atoms with Gasteiger partial charge in [0, 0.05) is 25.9 Å². The van der Waals surface area contributed by atoms with E-state index in [0.717, 1.165) is 0 Å². The molecule has 1 aromatic heterocycles. The number of hydrogen-bond donors (Lipinski definition) is 4. The fourth-order valence-corrected chi connectivity index (χ4v) is 5.93. The molecule has 1 saturated heterocycles. The van der Waals surface area contributed by atoms with Crippen LogP contribution in [-0.4, -0.2) is 89.9 Å². The van der Waals surface area contributed by atoms with Crippen molar-refractivity contribution in [2.75, 3.05) is 43.1 Å². The van der Waals surface area contributed by atoms with Gasteiger partial charge in [0.05, 0.1) is 6.54 Å². The van der Waals surface area contributed by atoms with Crippen molar-refractivity contribution in [2.24, 2.45) is 0 Å². The van der Waals surface area contributed by atoms with Crippen LogP contribution in [0.25, 0.3) is 0 Å². The Kier molecular flexibility index (Phi) is 7.92. The van der Waals surface area contributed by atoms with Crippen LogP contribution in [0, 0.1) is 11.3 Å². The Morgan fingerprint density at radius 2 is 1.94 bits per heavy atom. The molecule has 0 saturated carbocycles. The standard InChI is InChI=1S/C15H21ClN6O7S2/c16-12-2-3-13(21-20-12)19-6-5-18-8-14(23)22(11-31(27,28)29)7-1-4-15(22,9-17)10-30(24,25)26/h2-3,18H,1,4-8,10-11H2,(H2-,19,21,24,25,26,27,28,29)/p+1/t15?,22-/m0/s1. The number of rotatable bonds is 10. The molecule has 0 spiro atoms. The van der Waals surface area contributed by atoms with Gasteiger partial charge < -0.3 is 10.6 Å². The van der Waals surface area contributed by atoms with Gasteiger partial charge in [0.15, 0.2) is 5.15 Å². The number of nitriles is 1. The van der Waals surface area contributed by atoms with Gasteiger partial charge in [0.25, 0.3) is 10.1 Å². The van der Waals surface area contributed by atoms with Gasteiger partial charge in [-0.25, -0.2) is 9.28 Å². The minimum absolute atomic E-state index is 0.138. The van der Waals surface area contributed by atoms with Crippen LogP contribution in [0.15, 0.2) is 12.1 Å². The fourth-order valence-electron chi connectivity index (χ4n) is 3.69. The number of halogens is 1. The number of nitrogens with one attached hydrogen (secondary N) is 2. The average Bonchev–Trinajstić information content (AvgIpc) is 2.98. The molecule has 172 valence electrons. The molecular formula is C15H22ClN6O7S2+. The first kappa shape index (κ1) is 25.3. The summed E-state index contributed by atoms with van der Waals surface area (Å²) in [5.41, 5.74) is -2.04. The molecule has 16 heteroatoms. The molecule has 1 unspecified atom stereocenters. The molecule has 1 aliphatic rings. The van der Waals surface area contributed by atoms with Crippen molar-refractivity contribution in [1.82, 2.24) is 15.5 Å². The Morgan fingerprint density at radius 3 is 2.48 bits per heavy atom. The molecule has 2 atom stereocenters. The largest absolute Gasteiger partial charge is 0.367 e. The SMILES string of the molecule is N#CC1(CS(=O)(=O)O)CCC[N@+]1(CS(=O)(=O)O)C(=O)CNCCNc1ccc(Cl)nn1. The summed E-state index contributed by atoms with van der Waals surface area (Å²) in [5, 5.41) is 23.0. The maximum Gasteiger partial charge on any atom is 0.329 e. The van der Waals surface area contributed by atoms with Crippen molar-refractivity contribution in [1.29, 1.82) is 5.26 Å². The lowest BCUT2D eigenvalue weighted by molar-refractivity contribution is -0.869. The maximum absolute atomic E-state index is 13.0. The van der Waals surface area contributed by atoms with Gasteiger partial charge in [-0.1, -0.05) is 11.6 Å². The number of carbonyl (C=O) groups is 1. The topological polar surface area (TPSA) is 199 Å². The van der Waals surface area contributed by atoms with E-state index in [-0.39, 0.29) is 31.1 Å². The van der Waals surface area contributed by atoms with Crippen LogP contribution >= 0.6 is 11.6 Å². The van der Waals surface area contributed by atoms with E-state index in [1.54, 1.807) is 12.1 Å². The fraction of sp³-hybridized carbons (Fsp3) is 0.600. The first-order valence-corrected chi connectivity index (χ1v) is 12.6. The van der Waals surface area contributed by atoms with Crippen molar-refractivity contribution in [3.8, 4) is 6.07 Å². The Morgan fingerprint density at radius 1 is 1.23 bits per heavy atom. The number of amides is 1. The predicted octanol–water partition coefficient (Wildman–Crippen LogP) is -0.736. The summed E-state index contributed by atoms with van der Waals surface area (Å²) in [6.45, 7) is -0.0591. The summed E-state index contributed by atoms with van der Waals surface area (Å²) < 4.78 is 63.9. The number of carbonyl (C=O) groups excluding carboxylic acids is 1. The average molecular weight is 498 g/mol. The monoisotopic (exact) mass is 497 g/mol. The third-order valence-electron chi connectivity index (χ3n) is 4.96. The molecule has 0 aromatic carbocycles. The number of quaternary nitrogens is 1. The van der Waals surface area contributed by atoms with Crippen LogP contribution in [0.1, 0.15) is 12.8 Å². The number of anilines is 1. The first-order valence-electron chi connectivity index (χ1n) is 8.98. The predicted molar refractivity (Wildman–Crippen MR) is 109 cm³/mol. The summed E-state index contributed by atoms with van der Waals surface area (Å²) in [6.07, 6.45) is 0.0163. The minimum Gasteiger partial charge on any atom is -0.367 e. The smallest absolute Gasteiger partial charge is 0.329 e. The number of aromatic nitrogens is 2.